The third kappa shape index (κ3) is 6.93. The van der Waals surface area contributed by atoms with E-state index in [1.807, 2.05) is 17.0 Å². The number of methoxy groups -OCH3 is 1. The molecule has 2 fully saturated rings. The van der Waals surface area contributed by atoms with Gasteiger partial charge < -0.3 is 20.3 Å². The van der Waals surface area contributed by atoms with Crippen LogP contribution in [0.1, 0.15) is 24.4 Å². The molecule has 8 nitrogen and oxygen atoms in total. The smallest absolute Gasteiger partial charge is 0.317 e. The van der Waals surface area contributed by atoms with Crippen LogP contribution in [0.2, 0.25) is 0 Å². The molecule has 3 amide bonds. The van der Waals surface area contributed by atoms with Crippen LogP contribution in [0.3, 0.4) is 0 Å². The number of amides is 3. The first-order chi connectivity index (χ1) is 17.0. The zero-order chi connectivity index (χ0) is 24.6. The summed E-state index contributed by atoms with van der Waals surface area (Å²) in [5, 5.41) is 5.85. The maximum absolute atomic E-state index is 13.3. The van der Waals surface area contributed by atoms with Gasteiger partial charge >= 0.3 is 6.03 Å². The topological polar surface area (TPSA) is 77.1 Å². The van der Waals surface area contributed by atoms with E-state index in [4.69, 9.17) is 4.74 Å². The van der Waals surface area contributed by atoms with Crippen molar-refractivity contribution in [3.63, 3.8) is 0 Å². The number of nitrogens with one attached hydrogen (secondary N) is 2. The second kappa shape index (κ2) is 12.0. The summed E-state index contributed by atoms with van der Waals surface area (Å²) in [6.07, 6.45) is 2.35. The largest absolute Gasteiger partial charge is 0.497 e. The summed E-state index contributed by atoms with van der Waals surface area (Å²) >= 11 is 0. The lowest BCUT2D eigenvalue weighted by atomic mass is 10.1. The van der Waals surface area contributed by atoms with Crippen molar-refractivity contribution < 1.29 is 18.7 Å². The molecule has 4 rings (SSSR count). The molecular formula is C26H34FN5O3. The molecule has 0 aliphatic carbocycles. The van der Waals surface area contributed by atoms with Crippen LogP contribution >= 0.6 is 0 Å². The first-order valence-electron chi connectivity index (χ1n) is 12.2. The van der Waals surface area contributed by atoms with Gasteiger partial charge in [0.1, 0.15) is 11.6 Å². The zero-order valence-corrected chi connectivity index (χ0v) is 20.2. The Morgan fingerprint density at radius 1 is 1.00 bits per heavy atom. The molecule has 1 atom stereocenters. The third-order valence-electron chi connectivity index (χ3n) is 6.66. The molecule has 0 bridgehead atoms. The van der Waals surface area contributed by atoms with Gasteiger partial charge in [0.25, 0.3) is 0 Å². The average molecular weight is 484 g/mol. The van der Waals surface area contributed by atoms with E-state index in [9.17, 15) is 14.0 Å². The summed E-state index contributed by atoms with van der Waals surface area (Å²) in [7, 11) is 1.66. The van der Waals surface area contributed by atoms with Crippen molar-refractivity contribution >= 4 is 17.6 Å². The normalized spacial score (nSPS) is 17.7. The lowest BCUT2D eigenvalue weighted by Gasteiger charge is -2.35. The molecule has 35 heavy (non-hydrogen) atoms. The van der Waals surface area contributed by atoms with Crippen LogP contribution in [-0.4, -0.2) is 86.1 Å². The number of likely N-dealkylation sites (tertiary alicyclic amines) is 1. The Bertz CT molecular complexity index is 989. The molecular weight excluding hydrogens is 449 g/mol. The number of halogens is 1. The Kier molecular flexibility index (Phi) is 8.54. The van der Waals surface area contributed by atoms with Crippen molar-refractivity contribution in [2.24, 2.45) is 0 Å². The number of carbonyl (C=O) groups is 2. The van der Waals surface area contributed by atoms with Gasteiger partial charge in [0.2, 0.25) is 5.91 Å². The first-order valence-corrected chi connectivity index (χ1v) is 12.2. The average Bonchev–Trinajstić information content (AvgIpc) is 3.39. The van der Waals surface area contributed by atoms with Crippen LogP contribution in [-0.2, 0) is 4.79 Å². The van der Waals surface area contributed by atoms with Gasteiger partial charge in [0, 0.05) is 38.4 Å². The van der Waals surface area contributed by atoms with Crippen LogP contribution < -0.4 is 15.4 Å². The molecule has 2 aliphatic heterocycles. The SMILES string of the molecule is COc1ccc(C(CNC(=O)N2CCN(CC(=O)Nc3cccc(F)c3)CC2)N2CCCC2)cc1. The number of anilines is 1. The molecule has 188 valence electrons. The Labute approximate surface area is 206 Å². The minimum atomic E-state index is -0.388. The first kappa shape index (κ1) is 24.9. The highest BCUT2D eigenvalue weighted by atomic mass is 19.1. The standard InChI is InChI=1S/C26H34FN5O3/c1-35-23-9-7-20(8-10-23)24(31-11-2-3-12-31)18-28-26(34)32-15-13-30(14-16-32)19-25(33)29-22-6-4-5-21(27)17-22/h4-10,17,24H,2-3,11-16,18-19H2,1H3,(H,28,34)(H,29,33). The fourth-order valence-corrected chi connectivity index (χ4v) is 4.71. The van der Waals surface area contributed by atoms with Gasteiger partial charge in [-0.2, -0.15) is 0 Å². The van der Waals surface area contributed by atoms with Gasteiger partial charge in [-0.05, 0) is 61.8 Å². The van der Waals surface area contributed by atoms with Gasteiger partial charge in [-0.1, -0.05) is 18.2 Å². The second-order valence-electron chi connectivity index (χ2n) is 9.04. The molecule has 0 saturated carbocycles. The Morgan fingerprint density at radius 3 is 2.37 bits per heavy atom. The lowest BCUT2D eigenvalue weighted by Crippen LogP contribution is -2.53. The monoisotopic (exact) mass is 483 g/mol. The van der Waals surface area contributed by atoms with Crippen LogP contribution in [0, 0.1) is 5.82 Å². The maximum Gasteiger partial charge on any atom is 0.317 e. The number of urea groups is 1. The summed E-state index contributed by atoms with van der Waals surface area (Å²) < 4.78 is 18.6. The lowest BCUT2D eigenvalue weighted by molar-refractivity contribution is -0.117. The summed E-state index contributed by atoms with van der Waals surface area (Å²) in [6, 6.07) is 14.0. The fourth-order valence-electron chi connectivity index (χ4n) is 4.71. The summed E-state index contributed by atoms with van der Waals surface area (Å²) in [6.45, 7) is 5.13. The third-order valence-corrected chi connectivity index (χ3v) is 6.66. The molecule has 2 saturated heterocycles. The molecule has 2 aliphatic rings. The van der Waals surface area contributed by atoms with Crippen molar-refractivity contribution in [1.82, 2.24) is 20.0 Å². The van der Waals surface area contributed by atoms with Crippen LogP contribution in [0.15, 0.2) is 48.5 Å². The Balaban J connectivity index is 1.24. The molecule has 2 aromatic rings. The van der Waals surface area contributed by atoms with Crippen molar-refractivity contribution in [3.8, 4) is 5.75 Å². The molecule has 0 spiro atoms. The van der Waals surface area contributed by atoms with Crippen molar-refractivity contribution in [2.45, 2.75) is 18.9 Å². The number of piperazine rings is 1. The molecule has 1 unspecified atom stereocenters. The summed E-state index contributed by atoms with van der Waals surface area (Å²) in [5.74, 6) is 0.239. The van der Waals surface area contributed by atoms with Gasteiger partial charge in [0.05, 0.1) is 19.7 Å². The van der Waals surface area contributed by atoms with E-state index >= 15 is 0 Å². The predicted molar refractivity (Wildman–Crippen MR) is 133 cm³/mol. The Hall–Kier alpha value is -3.17. The zero-order valence-electron chi connectivity index (χ0n) is 20.2. The second-order valence-corrected chi connectivity index (χ2v) is 9.04. The number of hydrogen-bond acceptors (Lipinski definition) is 5. The number of benzene rings is 2. The van der Waals surface area contributed by atoms with E-state index < -0.39 is 0 Å². The molecule has 9 heteroatoms. The summed E-state index contributed by atoms with van der Waals surface area (Å²) in [5.41, 5.74) is 1.61. The Morgan fingerprint density at radius 2 is 1.71 bits per heavy atom. The summed E-state index contributed by atoms with van der Waals surface area (Å²) in [4.78, 5) is 31.4. The minimum Gasteiger partial charge on any atom is -0.497 e. The molecule has 2 N–H and O–H groups in total. The molecule has 2 aromatic carbocycles. The van der Waals surface area contributed by atoms with Crippen LogP contribution in [0.4, 0.5) is 14.9 Å². The highest BCUT2D eigenvalue weighted by Crippen LogP contribution is 2.26. The van der Waals surface area contributed by atoms with Crippen molar-refractivity contribution in [3.05, 3.63) is 59.9 Å². The predicted octanol–water partition coefficient (Wildman–Crippen LogP) is 2.94. The van der Waals surface area contributed by atoms with Crippen LogP contribution in [0.25, 0.3) is 0 Å². The van der Waals surface area contributed by atoms with E-state index in [1.54, 1.807) is 24.1 Å². The fraction of sp³-hybridized carbons (Fsp3) is 0.462. The van der Waals surface area contributed by atoms with E-state index in [1.165, 1.54) is 30.5 Å². The quantitative estimate of drug-likeness (QED) is 0.604. The number of ether oxygens (including phenoxy) is 1. The number of rotatable bonds is 8. The highest BCUT2D eigenvalue weighted by molar-refractivity contribution is 5.92. The number of hydrogen-bond donors (Lipinski definition) is 2. The molecule has 2 heterocycles. The van der Waals surface area contributed by atoms with Gasteiger partial charge in [-0.15, -0.1) is 0 Å². The number of carbonyl (C=O) groups excluding carboxylic acids is 2. The highest BCUT2D eigenvalue weighted by Gasteiger charge is 2.26. The number of nitrogens with zero attached hydrogens (tertiary/aromatic N) is 3. The van der Waals surface area contributed by atoms with E-state index in [2.05, 4.69) is 27.7 Å². The van der Waals surface area contributed by atoms with E-state index in [-0.39, 0.29) is 30.3 Å². The van der Waals surface area contributed by atoms with Crippen molar-refractivity contribution in [2.75, 3.05) is 64.8 Å². The van der Waals surface area contributed by atoms with Crippen LogP contribution in [0.5, 0.6) is 5.75 Å². The minimum absolute atomic E-state index is 0.0772. The van der Waals surface area contributed by atoms with Crippen molar-refractivity contribution in [1.29, 1.82) is 0 Å². The van der Waals surface area contributed by atoms with E-state index in [0.717, 1.165) is 18.8 Å². The maximum atomic E-state index is 13.3. The van der Waals surface area contributed by atoms with E-state index in [0.29, 0.717) is 38.4 Å². The van der Waals surface area contributed by atoms with Gasteiger partial charge in [-0.3, -0.25) is 14.6 Å². The molecule has 0 radical (unpaired) electrons. The van der Waals surface area contributed by atoms with Gasteiger partial charge in [-0.25, -0.2) is 9.18 Å². The molecule has 0 aromatic heterocycles. The van der Waals surface area contributed by atoms with Gasteiger partial charge in [0.15, 0.2) is 0 Å².